The van der Waals surface area contributed by atoms with Crippen molar-refractivity contribution in [2.45, 2.75) is 17.0 Å². The van der Waals surface area contributed by atoms with Crippen LogP contribution in [-0.2, 0) is 0 Å². The van der Waals surface area contributed by atoms with Gasteiger partial charge in [0.05, 0.1) is 0 Å². The quantitative estimate of drug-likeness (QED) is 0.264. The van der Waals surface area contributed by atoms with Crippen molar-refractivity contribution in [3.8, 4) is 0 Å². The second-order valence-corrected chi connectivity index (χ2v) is 5.39. The van der Waals surface area contributed by atoms with E-state index in [9.17, 15) is 4.79 Å². The van der Waals surface area contributed by atoms with Gasteiger partial charge in [0.15, 0.2) is 11.0 Å². The van der Waals surface area contributed by atoms with Gasteiger partial charge in [0, 0.05) is 27.2 Å². The number of H-pyrrole nitrogens is 1. The number of aryl methyl sites for hydroxylation is 1. The second kappa shape index (κ2) is 5.98. The third kappa shape index (κ3) is 3.31. The second-order valence-electron chi connectivity index (χ2n) is 3.92. The summed E-state index contributed by atoms with van der Waals surface area (Å²) in [5, 5.41) is 12.6. The first-order chi connectivity index (χ1) is 9.49. The van der Waals surface area contributed by atoms with Crippen LogP contribution < -0.4 is 11.3 Å². The third-order valence-corrected chi connectivity index (χ3v) is 3.58. The molecule has 0 fully saturated rings. The summed E-state index contributed by atoms with van der Waals surface area (Å²) in [6.45, 7) is 1.73. The molecule has 0 radical (unpaired) electrons. The summed E-state index contributed by atoms with van der Waals surface area (Å²) in [4.78, 5) is 18.9. The van der Waals surface area contributed by atoms with Crippen molar-refractivity contribution in [2.75, 3.05) is 0 Å². The van der Waals surface area contributed by atoms with Gasteiger partial charge in [-0.25, -0.2) is 4.98 Å². The topological polar surface area (TPSA) is 104 Å². The van der Waals surface area contributed by atoms with Crippen LogP contribution in [0.5, 0.6) is 0 Å². The molecule has 0 saturated carbocycles. The van der Waals surface area contributed by atoms with Crippen LogP contribution >= 0.6 is 23.4 Å². The minimum Gasteiger partial charge on any atom is -0.409 e. The zero-order valence-corrected chi connectivity index (χ0v) is 12.0. The Bertz CT molecular complexity index is 730. The molecule has 104 valence electrons. The summed E-state index contributed by atoms with van der Waals surface area (Å²) < 4.78 is 0. The molecule has 0 aliphatic rings. The molecule has 0 spiro atoms. The van der Waals surface area contributed by atoms with Crippen LogP contribution in [0.15, 0.2) is 44.3 Å². The van der Waals surface area contributed by atoms with Crippen LogP contribution in [0.2, 0.25) is 5.02 Å². The van der Waals surface area contributed by atoms with Crippen LogP contribution in [0.1, 0.15) is 11.3 Å². The van der Waals surface area contributed by atoms with Crippen molar-refractivity contribution in [2.24, 2.45) is 10.9 Å². The van der Waals surface area contributed by atoms with Gasteiger partial charge in [-0.2, -0.15) is 0 Å². The number of aromatic amines is 1. The predicted octanol–water partition coefficient (Wildman–Crippen LogP) is 1.98. The molecular weight excluding hydrogens is 300 g/mol. The normalized spacial score (nSPS) is 11.6. The minimum absolute atomic E-state index is 0.0648. The number of halogens is 1. The van der Waals surface area contributed by atoms with Crippen LogP contribution in [-0.4, -0.2) is 21.0 Å². The molecular formula is C12H11ClN4O2S. The molecule has 0 aliphatic carbocycles. The van der Waals surface area contributed by atoms with Crippen LogP contribution in [0.3, 0.4) is 0 Å². The molecule has 1 aromatic carbocycles. The summed E-state index contributed by atoms with van der Waals surface area (Å²) in [7, 11) is 0. The van der Waals surface area contributed by atoms with Gasteiger partial charge in [-0.1, -0.05) is 28.5 Å². The maximum atomic E-state index is 11.4. The standard InChI is InChI=1S/C12H11ClN4O2S/c1-6-4-10(18)16-12(15-6)20-9-3-2-7(13)5-8(9)11(14)17-19/h2-5,19H,1H3,(H2,14,17)(H,15,16,18). The predicted molar refractivity (Wildman–Crippen MR) is 77.7 cm³/mol. The lowest BCUT2D eigenvalue weighted by atomic mass is 10.2. The highest BCUT2D eigenvalue weighted by molar-refractivity contribution is 7.99. The van der Waals surface area contributed by atoms with Crippen LogP contribution in [0, 0.1) is 6.92 Å². The number of amidine groups is 1. The van der Waals surface area contributed by atoms with Gasteiger partial charge in [-0.3, -0.25) is 4.79 Å². The number of nitrogens with one attached hydrogen (secondary N) is 1. The van der Waals surface area contributed by atoms with E-state index in [0.29, 0.717) is 26.3 Å². The van der Waals surface area contributed by atoms with E-state index in [1.54, 1.807) is 25.1 Å². The Kier molecular flexibility index (Phi) is 4.31. The van der Waals surface area contributed by atoms with E-state index in [2.05, 4.69) is 15.1 Å². The van der Waals surface area contributed by atoms with Crippen LogP contribution in [0.4, 0.5) is 0 Å². The summed E-state index contributed by atoms with van der Waals surface area (Å²) in [6.07, 6.45) is 0. The Labute approximate surface area is 123 Å². The highest BCUT2D eigenvalue weighted by atomic mass is 35.5. The summed E-state index contributed by atoms with van der Waals surface area (Å²) in [5.74, 6) is -0.0648. The number of nitrogens with zero attached hydrogens (tertiary/aromatic N) is 2. The number of hydrogen-bond donors (Lipinski definition) is 3. The molecule has 0 bridgehead atoms. The van der Waals surface area contributed by atoms with Crippen molar-refractivity contribution in [1.29, 1.82) is 0 Å². The van der Waals surface area contributed by atoms with Gasteiger partial charge < -0.3 is 15.9 Å². The highest BCUT2D eigenvalue weighted by Crippen LogP contribution is 2.29. The highest BCUT2D eigenvalue weighted by Gasteiger charge is 2.11. The maximum absolute atomic E-state index is 11.4. The maximum Gasteiger partial charge on any atom is 0.251 e. The first-order valence-electron chi connectivity index (χ1n) is 5.53. The van der Waals surface area contributed by atoms with Gasteiger partial charge >= 0.3 is 0 Å². The molecule has 0 saturated heterocycles. The number of oxime groups is 1. The Morgan fingerprint density at radius 2 is 2.25 bits per heavy atom. The largest absolute Gasteiger partial charge is 0.409 e. The molecule has 20 heavy (non-hydrogen) atoms. The average Bonchev–Trinajstić information content (AvgIpc) is 2.38. The zero-order valence-electron chi connectivity index (χ0n) is 10.4. The van der Waals surface area contributed by atoms with Crippen molar-refractivity contribution in [3.63, 3.8) is 0 Å². The van der Waals surface area contributed by atoms with Gasteiger partial charge in [-0.15, -0.1) is 0 Å². The zero-order chi connectivity index (χ0) is 14.7. The fraction of sp³-hybridized carbons (Fsp3) is 0.0833. The van der Waals surface area contributed by atoms with Crippen molar-refractivity contribution < 1.29 is 5.21 Å². The molecule has 2 aromatic rings. The van der Waals surface area contributed by atoms with Crippen molar-refractivity contribution >= 4 is 29.2 Å². The molecule has 8 heteroatoms. The minimum atomic E-state index is -0.237. The lowest BCUT2D eigenvalue weighted by Gasteiger charge is -2.08. The summed E-state index contributed by atoms with van der Waals surface area (Å²) >= 11 is 7.09. The molecule has 2 rings (SSSR count). The Balaban J connectivity index is 2.45. The van der Waals surface area contributed by atoms with Crippen molar-refractivity contribution in [1.82, 2.24) is 9.97 Å². The first-order valence-corrected chi connectivity index (χ1v) is 6.72. The average molecular weight is 311 g/mol. The lowest BCUT2D eigenvalue weighted by molar-refractivity contribution is 0.318. The fourth-order valence-electron chi connectivity index (χ4n) is 1.55. The molecule has 0 unspecified atom stereocenters. The number of rotatable bonds is 3. The summed E-state index contributed by atoms with van der Waals surface area (Å²) in [6, 6.07) is 6.36. The molecule has 4 N–H and O–H groups in total. The van der Waals surface area contributed by atoms with E-state index in [-0.39, 0.29) is 11.4 Å². The Hall–Kier alpha value is -1.99. The molecule has 1 heterocycles. The Morgan fingerprint density at radius 1 is 1.50 bits per heavy atom. The first kappa shape index (κ1) is 14.4. The number of aromatic nitrogens is 2. The van der Waals surface area contributed by atoms with Gasteiger partial charge in [0.1, 0.15) is 0 Å². The fourth-order valence-corrected chi connectivity index (χ4v) is 2.68. The van der Waals surface area contributed by atoms with Gasteiger partial charge in [0.2, 0.25) is 0 Å². The number of nitrogens with two attached hydrogens (primary N) is 1. The molecule has 1 aromatic heterocycles. The van der Waals surface area contributed by atoms with E-state index in [1.165, 1.54) is 17.8 Å². The van der Waals surface area contributed by atoms with Gasteiger partial charge in [0.25, 0.3) is 5.56 Å². The third-order valence-electron chi connectivity index (χ3n) is 2.38. The molecule has 0 amide bonds. The monoisotopic (exact) mass is 310 g/mol. The van der Waals surface area contributed by atoms with Crippen molar-refractivity contribution in [3.05, 3.63) is 50.9 Å². The van der Waals surface area contributed by atoms with E-state index in [1.807, 2.05) is 0 Å². The van der Waals surface area contributed by atoms with E-state index >= 15 is 0 Å². The molecule has 0 aliphatic heterocycles. The van der Waals surface area contributed by atoms with Crippen LogP contribution in [0.25, 0.3) is 0 Å². The lowest BCUT2D eigenvalue weighted by Crippen LogP contribution is -2.14. The Morgan fingerprint density at radius 3 is 2.90 bits per heavy atom. The van der Waals surface area contributed by atoms with E-state index in [4.69, 9.17) is 22.5 Å². The van der Waals surface area contributed by atoms with Gasteiger partial charge in [-0.05, 0) is 25.1 Å². The smallest absolute Gasteiger partial charge is 0.251 e. The van der Waals surface area contributed by atoms with E-state index in [0.717, 1.165) is 0 Å². The number of hydrogen-bond acceptors (Lipinski definition) is 5. The number of benzene rings is 1. The molecule has 6 nitrogen and oxygen atoms in total. The molecule has 0 atom stereocenters. The summed E-state index contributed by atoms with van der Waals surface area (Å²) in [5.41, 5.74) is 6.45. The van der Waals surface area contributed by atoms with E-state index < -0.39 is 0 Å². The SMILES string of the molecule is Cc1cc(=O)[nH]c(Sc2ccc(Cl)cc2C(N)=NO)n1.